The lowest BCUT2D eigenvalue weighted by Gasteiger charge is -2.13. The molecule has 0 aromatic rings. The Balaban J connectivity index is 3.98. The van der Waals surface area contributed by atoms with Gasteiger partial charge in [0.2, 0.25) is 0 Å². The molecule has 0 spiro atoms. The number of hydrogen-bond donors (Lipinski definition) is 2. The van der Waals surface area contributed by atoms with Crippen LogP contribution in [0, 0.1) is 0 Å². The van der Waals surface area contributed by atoms with Crippen molar-refractivity contribution in [2.24, 2.45) is 11.5 Å². The van der Waals surface area contributed by atoms with E-state index in [9.17, 15) is 8.42 Å². The molecule has 0 amide bonds. The second kappa shape index (κ2) is 4.04. The summed E-state index contributed by atoms with van der Waals surface area (Å²) in [4.78, 5) is 0. The highest BCUT2D eigenvalue weighted by atomic mass is 32.2. The van der Waals surface area contributed by atoms with Gasteiger partial charge in [0.15, 0.2) is 9.84 Å². The van der Waals surface area contributed by atoms with Crippen molar-refractivity contribution in [3.8, 4) is 0 Å². The van der Waals surface area contributed by atoms with Crippen molar-refractivity contribution in [3.63, 3.8) is 0 Å². The number of nitrogens with two attached hydrogens (primary N) is 2. The van der Waals surface area contributed by atoms with E-state index in [1.165, 1.54) is 0 Å². The van der Waals surface area contributed by atoms with Crippen LogP contribution in [-0.2, 0) is 9.84 Å². The molecule has 4 nitrogen and oxygen atoms in total. The third kappa shape index (κ3) is 4.34. The molecule has 2 unspecified atom stereocenters. The third-order valence-corrected chi connectivity index (χ3v) is 2.90. The molecule has 68 valence electrons. The van der Waals surface area contributed by atoms with Gasteiger partial charge in [0.25, 0.3) is 0 Å². The lowest BCUT2D eigenvalue weighted by Crippen LogP contribution is -2.36. The molecule has 4 N–H and O–H groups in total. The molecule has 0 saturated carbocycles. The fourth-order valence-corrected chi connectivity index (χ4v) is 1.24. The molecule has 0 fully saturated rings. The van der Waals surface area contributed by atoms with E-state index in [0.29, 0.717) is 6.42 Å². The highest BCUT2D eigenvalue weighted by molar-refractivity contribution is 7.91. The van der Waals surface area contributed by atoms with Crippen molar-refractivity contribution in [1.29, 1.82) is 0 Å². The molecule has 11 heavy (non-hydrogen) atoms. The van der Waals surface area contributed by atoms with E-state index in [4.69, 9.17) is 11.5 Å². The minimum absolute atomic E-state index is 0.111. The molecule has 0 saturated heterocycles. The van der Waals surface area contributed by atoms with E-state index >= 15 is 0 Å². The molecule has 0 radical (unpaired) electrons. The minimum Gasteiger partial charge on any atom is -0.328 e. The topological polar surface area (TPSA) is 86.2 Å². The summed E-state index contributed by atoms with van der Waals surface area (Å²) in [5, 5.41) is -0.808. The minimum atomic E-state index is -3.11. The van der Waals surface area contributed by atoms with Crippen LogP contribution in [0.15, 0.2) is 0 Å². The average Bonchev–Trinajstić information content (AvgIpc) is 1.85. The Bertz CT molecular complexity index is 201. The lowest BCUT2D eigenvalue weighted by molar-refractivity contribution is 0.542. The third-order valence-electron chi connectivity index (χ3n) is 1.61. The van der Waals surface area contributed by atoms with Crippen molar-refractivity contribution in [1.82, 2.24) is 0 Å². The first kappa shape index (κ1) is 10.9. The van der Waals surface area contributed by atoms with Crippen molar-refractivity contribution >= 4 is 9.84 Å². The van der Waals surface area contributed by atoms with Crippen LogP contribution in [-0.4, -0.2) is 26.1 Å². The van der Waals surface area contributed by atoms with Crippen LogP contribution in [0.25, 0.3) is 0 Å². The standard InChI is InChI=1S/C6H16N2O2S/c1-3-5(7)4-6(8)11(2,9)10/h5-6H,3-4,7-8H2,1-2H3. The summed E-state index contributed by atoms with van der Waals surface area (Å²) in [6.07, 6.45) is 2.22. The van der Waals surface area contributed by atoms with E-state index in [1.54, 1.807) is 0 Å². The van der Waals surface area contributed by atoms with Gasteiger partial charge in [0.05, 0.1) is 0 Å². The van der Waals surface area contributed by atoms with Crippen LogP contribution >= 0.6 is 0 Å². The second-order valence-electron chi connectivity index (χ2n) is 2.77. The summed E-state index contributed by atoms with van der Waals surface area (Å²) in [6.45, 7) is 1.90. The van der Waals surface area contributed by atoms with Crippen LogP contribution < -0.4 is 11.5 Å². The number of hydrogen-bond acceptors (Lipinski definition) is 4. The fourth-order valence-electron chi connectivity index (χ4n) is 0.640. The van der Waals surface area contributed by atoms with E-state index in [0.717, 1.165) is 12.7 Å². The highest BCUT2D eigenvalue weighted by Gasteiger charge is 2.17. The highest BCUT2D eigenvalue weighted by Crippen LogP contribution is 2.02. The molecule has 0 rings (SSSR count). The normalized spacial score (nSPS) is 17.8. The Morgan fingerprint density at radius 1 is 1.36 bits per heavy atom. The first-order valence-corrected chi connectivity index (χ1v) is 5.53. The zero-order valence-electron chi connectivity index (χ0n) is 6.95. The molecular weight excluding hydrogens is 164 g/mol. The zero-order valence-corrected chi connectivity index (χ0v) is 7.76. The maximum atomic E-state index is 10.8. The summed E-state index contributed by atoms with van der Waals surface area (Å²) in [5.41, 5.74) is 10.9. The van der Waals surface area contributed by atoms with Crippen LogP contribution in [0.1, 0.15) is 19.8 Å². The van der Waals surface area contributed by atoms with E-state index < -0.39 is 15.2 Å². The summed E-state index contributed by atoms with van der Waals surface area (Å²) in [6, 6.07) is -0.111. The van der Waals surface area contributed by atoms with E-state index in [-0.39, 0.29) is 6.04 Å². The molecule has 0 aliphatic carbocycles. The van der Waals surface area contributed by atoms with Crippen LogP contribution in [0.3, 0.4) is 0 Å². The van der Waals surface area contributed by atoms with Gasteiger partial charge in [-0.25, -0.2) is 8.42 Å². The summed E-state index contributed by atoms with van der Waals surface area (Å²) >= 11 is 0. The van der Waals surface area contributed by atoms with Crippen LogP contribution in [0.4, 0.5) is 0 Å². The smallest absolute Gasteiger partial charge is 0.163 e. The van der Waals surface area contributed by atoms with Crippen molar-refractivity contribution in [2.45, 2.75) is 31.2 Å². The maximum Gasteiger partial charge on any atom is 0.163 e. The van der Waals surface area contributed by atoms with Gasteiger partial charge >= 0.3 is 0 Å². The Labute approximate surface area is 67.9 Å². The Kier molecular flexibility index (Phi) is 3.99. The summed E-state index contributed by atoms with van der Waals surface area (Å²) in [5.74, 6) is 0. The van der Waals surface area contributed by atoms with Gasteiger partial charge in [-0.3, -0.25) is 0 Å². The van der Waals surface area contributed by atoms with Gasteiger partial charge in [-0.1, -0.05) is 6.92 Å². The molecule has 0 aromatic carbocycles. The van der Waals surface area contributed by atoms with Crippen molar-refractivity contribution in [3.05, 3.63) is 0 Å². The van der Waals surface area contributed by atoms with Gasteiger partial charge in [0.1, 0.15) is 5.37 Å². The monoisotopic (exact) mass is 180 g/mol. The van der Waals surface area contributed by atoms with Crippen molar-refractivity contribution in [2.75, 3.05) is 6.26 Å². The SMILES string of the molecule is CCC(N)CC(N)S(C)(=O)=O. The Morgan fingerprint density at radius 3 is 2.09 bits per heavy atom. The van der Waals surface area contributed by atoms with Gasteiger partial charge in [-0.2, -0.15) is 0 Å². The quantitative estimate of drug-likeness (QED) is 0.607. The summed E-state index contributed by atoms with van der Waals surface area (Å²) < 4.78 is 21.6. The number of rotatable bonds is 4. The molecular formula is C6H16N2O2S. The molecule has 0 bridgehead atoms. The zero-order chi connectivity index (χ0) is 9.07. The fraction of sp³-hybridized carbons (Fsp3) is 1.00. The summed E-state index contributed by atoms with van der Waals surface area (Å²) in [7, 11) is -3.11. The van der Waals surface area contributed by atoms with E-state index in [1.807, 2.05) is 6.92 Å². The van der Waals surface area contributed by atoms with Crippen LogP contribution in [0.5, 0.6) is 0 Å². The molecule has 5 heteroatoms. The first-order valence-electron chi connectivity index (χ1n) is 3.58. The second-order valence-corrected chi connectivity index (χ2v) is 5.04. The molecule has 0 aliphatic rings. The Hall–Kier alpha value is -0.130. The van der Waals surface area contributed by atoms with Crippen molar-refractivity contribution < 1.29 is 8.42 Å². The van der Waals surface area contributed by atoms with Gasteiger partial charge in [-0.15, -0.1) is 0 Å². The molecule has 0 heterocycles. The predicted molar refractivity (Wildman–Crippen MR) is 45.7 cm³/mol. The maximum absolute atomic E-state index is 10.8. The van der Waals surface area contributed by atoms with Crippen LogP contribution in [0.2, 0.25) is 0 Å². The average molecular weight is 180 g/mol. The predicted octanol–water partition coefficient (Wildman–Crippen LogP) is -0.557. The molecule has 2 atom stereocenters. The lowest BCUT2D eigenvalue weighted by atomic mass is 10.2. The molecule has 0 aliphatic heterocycles. The largest absolute Gasteiger partial charge is 0.328 e. The number of sulfone groups is 1. The van der Waals surface area contributed by atoms with Gasteiger partial charge in [-0.05, 0) is 12.8 Å². The molecule has 0 aromatic heterocycles. The van der Waals surface area contributed by atoms with E-state index in [2.05, 4.69) is 0 Å². The van der Waals surface area contributed by atoms with Gasteiger partial charge in [0, 0.05) is 12.3 Å². The van der Waals surface area contributed by atoms with Gasteiger partial charge < -0.3 is 11.5 Å². The first-order chi connectivity index (χ1) is 4.88. The Morgan fingerprint density at radius 2 is 1.82 bits per heavy atom.